The number of benzene rings is 1. The van der Waals surface area contributed by atoms with E-state index < -0.39 is 32.0 Å². The fourth-order valence-electron chi connectivity index (χ4n) is 3.20. The number of sulfonamides is 1. The van der Waals surface area contributed by atoms with Crippen molar-refractivity contribution in [2.45, 2.75) is 18.0 Å². The molecule has 0 radical (unpaired) electrons. The first-order valence-corrected chi connectivity index (χ1v) is 13.6. The number of piperazine rings is 1. The molecule has 1 aromatic carbocycles. The Morgan fingerprint density at radius 1 is 0.943 bits per heavy atom. The third-order valence-corrected chi connectivity index (χ3v) is 8.27. The highest BCUT2D eigenvalue weighted by Crippen LogP contribution is 2.28. The number of anilines is 1. The number of rotatable bonds is 10. The van der Waals surface area contributed by atoms with E-state index in [-0.39, 0.29) is 62.6 Å². The second-order valence-electron chi connectivity index (χ2n) is 7.64. The summed E-state index contributed by atoms with van der Waals surface area (Å²) in [5, 5.41) is 0. The van der Waals surface area contributed by atoms with Crippen molar-refractivity contribution < 1.29 is 38.9 Å². The fourth-order valence-corrected chi connectivity index (χ4v) is 5.40. The van der Waals surface area contributed by atoms with Crippen molar-refractivity contribution in [3.8, 4) is 0 Å². The molecule has 0 aliphatic carbocycles. The van der Waals surface area contributed by atoms with E-state index in [1.54, 1.807) is 12.1 Å². The van der Waals surface area contributed by atoms with Crippen molar-refractivity contribution in [3.63, 3.8) is 0 Å². The van der Waals surface area contributed by atoms with E-state index in [2.05, 4.69) is 9.97 Å². The topological polar surface area (TPSA) is 119 Å². The second kappa shape index (κ2) is 11.2. The molecule has 0 atom stereocenters. The molecular formula is C20H25F3N4O6S2. The zero-order chi connectivity index (χ0) is 25.7. The molecule has 0 N–H and O–H groups in total. The van der Waals surface area contributed by atoms with Crippen LogP contribution < -0.4 is 4.90 Å². The molecule has 1 aliphatic rings. The SMILES string of the molecule is Cc1ccc(S(=O)(=O)OCCOCCS(=O)(=O)N2CCN(c3nccc(C(F)(F)F)n3)CC2)cc1. The maximum Gasteiger partial charge on any atom is 0.433 e. The van der Waals surface area contributed by atoms with Crippen molar-refractivity contribution in [1.82, 2.24) is 14.3 Å². The van der Waals surface area contributed by atoms with Crippen molar-refractivity contribution in [2.24, 2.45) is 0 Å². The summed E-state index contributed by atoms with van der Waals surface area (Å²) in [6, 6.07) is 6.91. The van der Waals surface area contributed by atoms with E-state index in [9.17, 15) is 30.0 Å². The number of hydrogen-bond acceptors (Lipinski definition) is 9. The molecule has 3 rings (SSSR count). The summed E-state index contributed by atoms with van der Waals surface area (Å²) in [5.41, 5.74) is -0.163. The lowest BCUT2D eigenvalue weighted by Crippen LogP contribution is -2.50. The largest absolute Gasteiger partial charge is 0.433 e. The summed E-state index contributed by atoms with van der Waals surface area (Å²) in [6.45, 7) is 1.63. The molecule has 10 nitrogen and oxygen atoms in total. The quantitative estimate of drug-likeness (QED) is 0.329. The van der Waals surface area contributed by atoms with Gasteiger partial charge in [0.2, 0.25) is 16.0 Å². The van der Waals surface area contributed by atoms with Gasteiger partial charge in [0, 0.05) is 32.4 Å². The summed E-state index contributed by atoms with van der Waals surface area (Å²) < 4.78 is 99.1. The van der Waals surface area contributed by atoms with Gasteiger partial charge in [-0.05, 0) is 25.1 Å². The van der Waals surface area contributed by atoms with Gasteiger partial charge in [0.15, 0.2) is 0 Å². The molecule has 0 amide bonds. The maximum absolute atomic E-state index is 12.9. The smallest absolute Gasteiger partial charge is 0.378 e. The van der Waals surface area contributed by atoms with E-state index in [0.29, 0.717) is 0 Å². The minimum Gasteiger partial charge on any atom is -0.378 e. The number of nitrogens with zero attached hydrogens (tertiary/aromatic N) is 4. The predicted octanol–water partition coefficient (Wildman–Crippen LogP) is 1.68. The van der Waals surface area contributed by atoms with Crippen LogP contribution in [0.15, 0.2) is 41.4 Å². The number of halogens is 3. The molecular weight excluding hydrogens is 513 g/mol. The highest BCUT2D eigenvalue weighted by Gasteiger charge is 2.34. The number of aromatic nitrogens is 2. The Morgan fingerprint density at radius 2 is 1.60 bits per heavy atom. The first kappa shape index (κ1) is 27.3. The van der Waals surface area contributed by atoms with Crippen molar-refractivity contribution in [2.75, 3.05) is 56.7 Å². The van der Waals surface area contributed by atoms with Crippen molar-refractivity contribution in [3.05, 3.63) is 47.8 Å². The minimum atomic E-state index is -4.60. The van der Waals surface area contributed by atoms with E-state index in [4.69, 9.17) is 8.92 Å². The Kier molecular flexibility index (Phi) is 8.69. The molecule has 1 fully saturated rings. The van der Waals surface area contributed by atoms with E-state index in [0.717, 1.165) is 17.8 Å². The predicted molar refractivity (Wildman–Crippen MR) is 120 cm³/mol. The Hall–Kier alpha value is -2.33. The summed E-state index contributed by atoms with van der Waals surface area (Å²) in [4.78, 5) is 8.88. The van der Waals surface area contributed by atoms with Crippen LogP contribution in [0.3, 0.4) is 0 Å². The molecule has 194 valence electrons. The first-order chi connectivity index (χ1) is 16.4. The molecule has 0 spiro atoms. The molecule has 0 bridgehead atoms. The van der Waals surface area contributed by atoms with Gasteiger partial charge < -0.3 is 9.64 Å². The lowest BCUT2D eigenvalue weighted by Gasteiger charge is -2.34. The van der Waals surface area contributed by atoms with Gasteiger partial charge in [-0.2, -0.15) is 25.9 Å². The summed E-state index contributed by atoms with van der Waals surface area (Å²) in [7, 11) is -7.61. The summed E-state index contributed by atoms with van der Waals surface area (Å²) in [6.07, 6.45) is -3.58. The maximum atomic E-state index is 12.9. The number of ether oxygens (including phenoxy) is 1. The van der Waals surface area contributed by atoms with Crippen molar-refractivity contribution in [1.29, 1.82) is 0 Å². The third-order valence-electron chi connectivity index (χ3n) is 5.11. The van der Waals surface area contributed by atoms with Crippen LogP contribution in [0.4, 0.5) is 19.1 Å². The van der Waals surface area contributed by atoms with Gasteiger partial charge in [-0.3, -0.25) is 4.18 Å². The van der Waals surface area contributed by atoms with Crippen LogP contribution in [0.1, 0.15) is 11.3 Å². The molecule has 1 aliphatic heterocycles. The van der Waals surface area contributed by atoms with Gasteiger partial charge in [-0.1, -0.05) is 17.7 Å². The Bertz CT molecular complexity index is 1200. The minimum absolute atomic E-state index is 0.0142. The molecule has 2 aromatic rings. The normalized spacial score (nSPS) is 15.9. The average Bonchev–Trinajstić information content (AvgIpc) is 2.81. The van der Waals surface area contributed by atoms with Gasteiger partial charge in [0.1, 0.15) is 5.69 Å². The Balaban J connectivity index is 1.40. The van der Waals surface area contributed by atoms with Gasteiger partial charge in [0.25, 0.3) is 10.1 Å². The van der Waals surface area contributed by atoms with Gasteiger partial charge in [-0.15, -0.1) is 0 Å². The van der Waals surface area contributed by atoms with E-state index >= 15 is 0 Å². The van der Waals surface area contributed by atoms with Crippen LogP contribution >= 0.6 is 0 Å². The molecule has 1 aromatic heterocycles. The molecule has 2 heterocycles. The number of hydrogen-bond donors (Lipinski definition) is 0. The van der Waals surface area contributed by atoms with Gasteiger partial charge in [-0.25, -0.2) is 18.4 Å². The monoisotopic (exact) mass is 538 g/mol. The van der Waals surface area contributed by atoms with Crippen LogP contribution in [0.2, 0.25) is 0 Å². The van der Waals surface area contributed by atoms with Crippen molar-refractivity contribution >= 4 is 26.1 Å². The highest BCUT2D eigenvalue weighted by molar-refractivity contribution is 7.89. The second-order valence-corrected chi connectivity index (χ2v) is 11.3. The van der Waals surface area contributed by atoms with Gasteiger partial charge in [0.05, 0.1) is 30.5 Å². The van der Waals surface area contributed by atoms with Crippen LogP contribution in [-0.4, -0.2) is 82.9 Å². The highest BCUT2D eigenvalue weighted by atomic mass is 32.2. The summed E-state index contributed by atoms with van der Waals surface area (Å²) >= 11 is 0. The average molecular weight is 539 g/mol. The number of alkyl halides is 3. The summed E-state index contributed by atoms with van der Waals surface area (Å²) in [5.74, 6) is -0.446. The first-order valence-electron chi connectivity index (χ1n) is 10.6. The fraction of sp³-hybridized carbons (Fsp3) is 0.500. The van der Waals surface area contributed by atoms with Crippen LogP contribution in [0.25, 0.3) is 0 Å². The van der Waals surface area contributed by atoms with Crippen LogP contribution in [-0.2, 0) is 35.2 Å². The standard InChI is InChI=1S/C20H25F3N4O6S2/c1-16-2-4-17(5-3-16)35(30,31)33-13-12-32-14-15-34(28,29)27-10-8-26(9-11-27)19-24-7-6-18(25-19)20(21,22)23/h2-7H,8-15H2,1H3. The van der Waals surface area contributed by atoms with Gasteiger partial charge >= 0.3 is 6.18 Å². The molecule has 0 unspecified atom stereocenters. The lowest BCUT2D eigenvalue weighted by molar-refractivity contribution is -0.141. The van der Waals surface area contributed by atoms with Crippen LogP contribution in [0.5, 0.6) is 0 Å². The molecule has 15 heteroatoms. The Labute approximate surface area is 201 Å². The lowest BCUT2D eigenvalue weighted by atomic mass is 10.2. The molecule has 0 saturated carbocycles. The zero-order valence-corrected chi connectivity index (χ0v) is 20.4. The zero-order valence-electron chi connectivity index (χ0n) is 18.8. The van der Waals surface area contributed by atoms with E-state index in [1.165, 1.54) is 21.3 Å². The third kappa shape index (κ3) is 7.57. The molecule has 1 saturated heterocycles. The van der Waals surface area contributed by atoms with E-state index in [1.807, 2.05) is 6.92 Å². The van der Waals surface area contributed by atoms with Crippen LogP contribution in [0, 0.1) is 6.92 Å². The Morgan fingerprint density at radius 3 is 2.23 bits per heavy atom. The molecule has 35 heavy (non-hydrogen) atoms. The number of aryl methyl sites for hydroxylation is 1.